The second-order valence-electron chi connectivity index (χ2n) is 2.98. The van der Waals surface area contributed by atoms with Gasteiger partial charge in [-0.05, 0) is 0 Å². The lowest BCUT2D eigenvalue weighted by molar-refractivity contribution is -0.425. The van der Waals surface area contributed by atoms with Crippen LogP contribution in [0, 0.1) is 10.1 Å². The van der Waals surface area contributed by atoms with Gasteiger partial charge in [0.25, 0.3) is 12.2 Å². The molecule has 0 radical (unpaired) electrons. The minimum absolute atomic E-state index is 0.700. The summed E-state index contributed by atoms with van der Waals surface area (Å²) >= 11 is 0. The number of ether oxygens (including phenoxy) is 1. The highest BCUT2D eigenvalue weighted by Gasteiger charge is 2.40. The molecule has 0 fully saturated rings. The summed E-state index contributed by atoms with van der Waals surface area (Å²) in [4.78, 5) is 32.1. The molecule has 0 saturated heterocycles. The van der Waals surface area contributed by atoms with Crippen LogP contribution in [0.25, 0.3) is 0 Å². The van der Waals surface area contributed by atoms with Crippen molar-refractivity contribution < 1.29 is 24.4 Å². The molecule has 2 N–H and O–H groups in total. The van der Waals surface area contributed by atoms with Gasteiger partial charge in [0.05, 0.1) is 4.92 Å². The van der Waals surface area contributed by atoms with Gasteiger partial charge in [-0.3, -0.25) is 29.9 Å². The maximum atomic E-state index is 11.2. The van der Waals surface area contributed by atoms with E-state index < -0.39 is 34.7 Å². The molecule has 1 amide bonds. The summed E-state index contributed by atoms with van der Waals surface area (Å²) in [6.45, 7) is 1.10. The zero-order valence-corrected chi connectivity index (χ0v) is 8.46. The molecule has 1 aliphatic rings. The van der Waals surface area contributed by atoms with Crippen LogP contribution in [0.4, 0.5) is 0 Å². The molecule has 0 saturated carbocycles. The summed E-state index contributed by atoms with van der Waals surface area (Å²) in [5.41, 5.74) is -0.995. The molecule has 1 rings (SSSR count). The number of esters is 1. The summed E-state index contributed by atoms with van der Waals surface area (Å²) in [6.07, 6.45) is -1.26. The highest BCUT2D eigenvalue weighted by atomic mass is 16.6. The largest absolute Gasteiger partial charge is 0.490 e. The van der Waals surface area contributed by atoms with Crippen molar-refractivity contribution in [2.75, 3.05) is 7.05 Å². The number of nitro groups is 1. The van der Waals surface area contributed by atoms with Crippen LogP contribution in [-0.4, -0.2) is 40.2 Å². The quantitative estimate of drug-likeness (QED) is 0.351. The van der Waals surface area contributed by atoms with Gasteiger partial charge in [0.1, 0.15) is 0 Å². The monoisotopic (exact) mass is 231 g/mol. The Labute approximate surface area is 89.4 Å². The lowest BCUT2D eigenvalue weighted by Crippen LogP contribution is -2.54. The number of hydrogen-bond acceptors (Lipinski definition) is 7. The number of aliphatic hydroxyl groups is 1. The van der Waals surface area contributed by atoms with Gasteiger partial charge in [-0.2, -0.15) is 0 Å². The smallest absolute Gasteiger partial charge is 0.392 e. The summed E-state index contributed by atoms with van der Waals surface area (Å²) < 4.78 is 4.61. The first-order valence-electron chi connectivity index (χ1n) is 4.13. The number of nitrogens with zero attached hydrogens (tertiary/aromatic N) is 2. The first kappa shape index (κ1) is 11.8. The Hall–Kier alpha value is -2.32. The fourth-order valence-electron chi connectivity index (χ4n) is 1.09. The molecule has 0 aromatic heterocycles. The van der Waals surface area contributed by atoms with E-state index in [1.54, 1.807) is 0 Å². The van der Waals surface area contributed by atoms with Crippen LogP contribution in [0.1, 0.15) is 6.92 Å². The zero-order valence-electron chi connectivity index (χ0n) is 8.46. The average Bonchev–Trinajstić information content (AvgIpc) is 2.12. The second-order valence-corrected chi connectivity index (χ2v) is 2.98. The minimum Gasteiger partial charge on any atom is -0.490 e. The predicted octanol–water partition coefficient (Wildman–Crippen LogP) is -1.10. The molecular formula is C7H9N3O6. The average molecular weight is 231 g/mol. The molecule has 9 nitrogen and oxygen atoms in total. The molecule has 0 bridgehead atoms. The third-order valence-corrected chi connectivity index (χ3v) is 1.83. The van der Waals surface area contributed by atoms with Crippen LogP contribution in [0.15, 0.2) is 11.6 Å². The van der Waals surface area contributed by atoms with Crippen LogP contribution in [0.5, 0.6) is 0 Å². The van der Waals surface area contributed by atoms with Crippen LogP contribution in [-0.2, 0) is 14.3 Å². The van der Waals surface area contributed by atoms with Gasteiger partial charge in [-0.1, -0.05) is 0 Å². The standard InChI is InChI=1S/C7H9N3O6/c1-3(11)16-7-8-5(12)4(10(14)15)6(13)9(7)2/h7,13H,1-2H3,(H,8,12). The Morgan fingerprint density at radius 1 is 1.69 bits per heavy atom. The van der Waals surface area contributed by atoms with Crippen molar-refractivity contribution in [3.05, 3.63) is 21.7 Å². The van der Waals surface area contributed by atoms with E-state index in [-0.39, 0.29) is 0 Å². The van der Waals surface area contributed by atoms with Crippen molar-refractivity contribution >= 4 is 11.9 Å². The Morgan fingerprint density at radius 2 is 2.25 bits per heavy atom. The third kappa shape index (κ3) is 2.02. The molecule has 1 aliphatic heterocycles. The number of aliphatic hydroxyl groups excluding tert-OH is 1. The fraction of sp³-hybridized carbons (Fsp3) is 0.429. The number of carbonyl (C=O) groups is 2. The molecule has 0 aromatic rings. The number of rotatable bonds is 2. The van der Waals surface area contributed by atoms with E-state index in [0.29, 0.717) is 0 Å². The summed E-state index contributed by atoms with van der Waals surface area (Å²) in [5, 5.41) is 21.9. The number of nitrogens with one attached hydrogen (secondary N) is 1. The first-order valence-corrected chi connectivity index (χ1v) is 4.13. The van der Waals surface area contributed by atoms with E-state index in [1.165, 1.54) is 7.05 Å². The van der Waals surface area contributed by atoms with Crippen molar-refractivity contribution in [1.29, 1.82) is 0 Å². The van der Waals surface area contributed by atoms with Gasteiger partial charge in [0.15, 0.2) is 0 Å². The second kappa shape index (κ2) is 4.04. The molecule has 0 aromatic carbocycles. The van der Waals surface area contributed by atoms with E-state index >= 15 is 0 Å². The van der Waals surface area contributed by atoms with Crippen molar-refractivity contribution in [1.82, 2.24) is 10.2 Å². The van der Waals surface area contributed by atoms with Crippen LogP contribution in [0.2, 0.25) is 0 Å². The van der Waals surface area contributed by atoms with Gasteiger partial charge in [-0.15, -0.1) is 0 Å². The van der Waals surface area contributed by atoms with Gasteiger partial charge >= 0.3 is 17.6 Å². The minimum atomic E-state index is -1.26. The number of hydrogen-bond donors (Lipinski definition) is 2. The van der Waals surface area contributed by atoms with Gasteiger partial charge in [0.2, 0.25) is 0 Å². The first-order chi connectivity index (χ1) is 7.34. The van der Waals surface area contributed by atoms with Crippen molar-refractivity contribution in [2.45, 2.75) is 13.3 Å². The molecule has 1 heterocycles. The molecule has 0 spiro atoms. The van der Waals surface area contributed by atoms with E-state index in [1.807, 2.05) is 5.32 Å². The predicted molar refractivity (Wildman–Crippen MR) is 48.1 cm³/mol. The Morgan fingerprint density at radius 3 is 2.69 bits per heavy atom. The highest BCUT2D eigenvalue weighted by Crippen LogP contribution is 2.15. The zero-order chi connectivity index (χ0) is 12.5. The Bertz CT molecular complexity index is 390. The molecule has 1 unspecified atom stereocenters. The maximum Gasteiger partial charge on any atom is 0.392 e. The van der Waals surface area contributed by atoms with Gasteiger partial charge in [0, 0.05) is 14.0 Å². The maximum absolute atomic E-state index is 11.2. The van der Waals surface area contributed by atoms with Gasteiger partial charge in [-0.25, -0.2) is 0 Å². The lowest BCUT2D eigenvalue weighted by atomic mass is 10.3. The number of amides is 1. The Balaban J connectivity index is 3.02. The molecule has 16 heavy (non-hydrogen) atoms. The third-order valence-electron chi connectivity index (χ3n) is 1.83. The topological polar surface area (TPSA) is 122 Å². The van der Waals surface area contributed by atoms with E-state index in [2.05, 4.69) is 4.74 Å². The summed E-state index contributed by atoms with van der Waals surface area (Å²) in [5.74, 6) is -2.68. The summed E-state index contributed by atoms with van der Waals surface area (Å²) in [7, 11) is 1.23. The van der Waals surface area contributed by atoms with Crippen LogP contribution < -0.4 is 5.32 Å². The van der Waals surface area contributed by atoms with Gasteiger partial charge < -0.3 is 9.84 Å². The molecular weight excluding hydrogens is 222 g/mol. The summed E-state index contributed by atoms with van der Waals surface area (Å²) in [6, 6.07) is 0. The molecule has 1 atom stereocenters. The van der Waals surface area contributed by atoms with Crippen LogP contribution in [0.3, 0.4) is 0 Å². The normalized spacial score (nSPS) is 20.5. The number of carbonyl (C=O) groups excluding carboxylic acids is 2. The molecule has 9 heteroatoms. The lowest BCUT2D eigenvalue weighted by Gasteiger charge is -2.30. The van der Waals surface area contributed by atoms with E-state index in [4.69, 9.17) is 0 Å². The van der Waals surface area contributed by atoms with Crippen molar-refractivity contribution in [3.8, 4) is 0 Å². The van der Waals surface area contributed by atoms with Crippen molar-refractivity contribution in [2.24, 2.45) is 0 Å². The Kier molecular flexibility index (Phi) is 2.97. The van der Waals surface area contributed by atoms with Crippen LogP contribution >= 0.6 is 0 Å². The molecule has 0 aliphatic carbocycles. The highest BCUT2D eigenvalue weighted by molar-refractivity contribution is 5.92. The van der Waals surface area contributed by atoms with E-state index in [9.17, 15) is 24.8 Å². The fourth-order valence-corrected chi connectivity index (χ4v) is 1.09. The SMILES string of the molecule is CC(=O)OC1NC(=O)C([N+](=O)[O-])=C(O)N1C. The van der Waals surface area contributed by atoms with Crippen molar-refractivity contribution in [3.63, 3.8) is 0 Å². The van der Waals surface area contributed by atoms with E-state index in [0.717, 1.165) is 11.8 Å². The molecule has 88 valence electrons.